The van der Waals surface area contributed by atoms with Crippen LogP contribution >= 0.6 is 0 Å². The minimum absolute atomic E-state index is 0.164. The molecule has 0 aromatic carbocycles. The zero-order valence-electron chi connectivity index (χ0n) is 13.8. The van der Waals surface area contributed by atoms with Gasteiger partial charge in [0.25, 0.3) is 0 Å². The molecule has 1 atom stereocenters. The van der Waals surface area contributed by atoms with Crippen LogP contribution in [0.25, 0.3) is 0 Å². The molecule has 0 rings (SSSR count). The van der Waals surface area contributed by atoms with Crippen LogP contribution in [0.15, 0.2) is 0 Å². The molecule has 1 N–H and O–H groups in total. The lowest BCUT2D eigenvalue weighted by Crippen LogP contribution is -2.52. The van der Waals surface area contributed by atoms with Gasteiger partial charge in [0.15, 0.2) is 0 Å². The van der Waals surface area contributed by atoms with Gasteiger partial charge < -0.3 is 19.7 Å². The molecule has 5 heteroatoms. The van der Waals surface area contributed by atoms with Crippen molar-refractivity contribution in [1.82, 2.24) is 10.2 Å². The first-order valence-electron chi connectivity index (χ1n) is 7.76. The first-order valence-corrected chi connectivity index (χ1v) is 7.76. The zero-order valence-corrected chi connectivity index (χ0v) is 13.8. The second-order valence-electron chi connectivity index (χ2n) is 4.96. The van der Waals surface area contributed by atoms with E-state index in [4.69, 9.17) is 9.47 Å². The molecule has 0 spiro atoms. The van der Waals surface area contributed by atoms with E-state index in [9.17, 15) is 4.79 Å². The van der Waals surface area contributed by atoms with E-state index in [2.05, 4.69) is 17.1 Å². The first kappa shape index (κ1) is 19.4. The maximum atomic E-state index is 12.1. The van der Waals surface area contributed by atoms with Crippen LogP contribution < -0.4 is 5.32 Å². The number of rotatable bonds is 12. The Labute approximate surface area is 124 Å². The Bertz CT molecular complexity index is 262. The predicted molar refractivity (Wildman–Crippen MR) is 81.9 cm³/mol. The van der Waals surface area contributed by atoms with Crippen molar-refractivity contribution in [3.63, 3.8) is 0 Å². The fourth-order valence-electron chi connectivity index (χ4n) is 2.09. The summed E-state index contributed by atoms with van der Waals surface area (Å²) in [6.45, 7) is 15.2. The van der Waals surface area contributed by atoms with Crippen LogP contribution in [0.3, 0.4) is 0 Å². The highest BCUT2D eigenvalue weighted by Gasteiger charge is 2.33. The summed E-state index contributed by atoms with van der Waals surface area (Å²) in [6.07, 6.45) is 0.736. The van der Waals surface area contributed by atoms with Gasteiger partial charge >= 0.3 is 5.97 Å². The van der Waals surface area contributed by atoms with Crippen LogP contribution in [-0.2, 0) is 14.3 Å². The molecule has 20 heavy (non-hydrogen) atoms. The number of nitrogens with zero attached hydrogens (tertiary/aromatic N) is 1. The number of carbonyl (C=O) groups excluding carboxylic acids is 1. The Morgan fingerprint density at radius 2 is 1.85 bits per heavy atom. The number of hydrogen-bond donors (Lipinski definition) is 1. The smallest absolute Gasteiger partial charge is 0.326 e. The SMILES string of the molecule is CCNC(C)(CCN(CC)CCOCC)C(=O)OCC. The van der Waals surface area contributed by atoms with E-state index in [1.54, 1.807) is 0 Å². The van der Waals surface area contributed by atoms with Crippen LogP contribution in [-0.4, -0.2) is 62.4 Å². The van der Waals surface area contributed by atoms with E-state index in [-0.39, 0.29) is 5.97 Å². The van der Waals surface area contributed by atoms with Crippen molar-refractivity contribution in [2.45, 2.75) is 46.6 Å². The average Bonchev–Trinajstić information content (AvgIpc) is 2.43. The predicted octanol–water partition coefficient (Wildman–Crippen LogP) is 1.67. The summed E-state index contributed by atoms with van der Waals surface area (Å²) < 4.78 is 10.6. The molecule has 0 aromatic heterocycles. The normalized spacial score (nSPS) is 14.3. The van der Waals surface area contributed by atoms with Gasteiger partial charge in [-0.3, -0.25) is 4.79 Å². The minimum Gasteiger partial charge on any atom is -0.465 e. The van der Waals surface area contributed by atoms with Crippen LogP contribution in [0.2, 0.25) is 0 Å². The van der Waals surface area contributed by atoms with Crippen molar-refractivity contribution < 1.29 is 14.3 Å². The standard InChI is InChI=1S/C15H32N2O3/c1-6-16-15(5,14(18)20-9-4)10-11-17(7-2)12-13-19-8-3/h16H,6-13H2,1-5H3. The Hall–Kier alpha value is -0.650. The highest BCUT2D eigenvalue weighted by molar-refractivity contribution is 5.80. The summed E-state index contributed by atoms with van der Waals surface area (Å²) >= 11 is 0. The number of esters is 1. The molecular formula is C15H32N2O3. The molecule has 0 amide bonds. The van der Waals surface area contributed by atoms with Crippen LogP contribution in [0.5, 0.6) is 0 Å². The highest BCUT2D eigenvalue weighted by Crippen LogP contribution is 2.13. The third-order valence-corrected chi connectivity index (χ3v) is 3.42. The van der Waals surface area contributed by atoms with E-state index in [0.717, 1.165) is 45.8 Å². The molecule has 0 bridgehead atoms. The third kappa shape index (κ3) is 7.22. The van der Waals surface area contributed by atoms with E-state index >= 15 is 0 Å². The number of hydrogen-bond acceptors (Lipinski definition) is 5. The Balaban J connectivity index is 4.38. The highest BCUT2D eigenvalue weighted by atomic mass is 16.5. The molecule has 1 unspecified atom stereocenters. The van der Waals surface area contributed by atoms with E-state index in [1.165, 1.54) is 0 Å². The second kappa shape index (κ2) is 11.1. The molecule has 0 saturated heterocycles. The molecule has 0 fully saturated rings. The van der Waals surface area contributed by atoms with Gasteiger partial charge in [-0.1, -0.05) is 13.8 Å². The van der Waals surface area contributed by atoms with Crippen LogP contribution in [0, 0.1) is 0 Å². The quantitative estimate of drug-likeness (QED) is 0.437. The molecule has 120 valence electrons. The second-order valence-corrected chi connectivity index (χ2v) is 4.96. The third-order valence-electron chi connectivity index (χ3n) is 3.42. The maximum Gasteiger partial charge on any atom is 0.326 e. The van der Waals surface area contributed by atoms with Crippen molar-refractivity contribution in [3.05, 3.63) is 0 Å². The van der Waals surface area contributed by atoms with Crippen molar-refractivity contribution in [3.8, 4) is 0 Å². The summed E-state index contributed by atoms with van der Waals surface area (Å²) in [5.74, 6) is -0.164. The summed E-state index contributed by atoms with van der Waals surface area (Å²) in [7, 11) is 0. The van der Waals surface area contributed by atoms with Gasteiger partial charge in [-0.15, -0.1) is 0 Å². The molecule has 0 aliphatic rings. The molecule has 0 saturated carbocycles. The number of ether oxygens (including phenoxy) is 2. The van der Waals surface area contributed by atoms with E-state index in [1.807, 2.05) is 27.7 Å². The summed E-state index contributed by atoms with van der Waals surface area (Å²) in [5.41, 5.74) is -0.607. The summed E-state index contributed by atoms with van der Waals surface area (Å²) in [4.78, 5) is 14.4. The number of likely N-dealkylation sites (N-methyl/N-ethyl adjacent to an activating group) is 2. The molecule has 0 radical (unpaired) electrons. The maximum absolute atomic E-state index is 12.1. The lowest BCUT2D eigenvalue weighted by Gasteiger charge is -2.31. The average molecular weight is 288 g/mol. The molecule has 0 heterocycles. The van der Waals surface area contributed by atoms with Crippen molar-refractivity contribution in [1.29, 1.82) is 0 Å². The van der Waals surface area contributed by atoms with Crippen molar-refractivity contribution >= 4 is 5.97 Å². The molecule has 0 aliphatic heterocycles. The fraction of sp³-hybridized carbons (Fsp3) is 0.933. The Morgan fingerprint density at radius 1 is 1.15 bits per heavy atom. The topological polar surface area (TPSA) is 50.8 Å². The van der Waals surface area contributed by atoms with Crippen molar-refractivity contribution in [2.24, 2.45) is 0 Å². The van der Waals surface area contributed by atoms with Crippen LogP contribution in [0.4, 0.5) is 0 Å². The van der Waals surface area contributed by atoms with Gasteiger partial charge in [-0.05, 0) is 40.3 Å². The van der Waals surface area contributed by atoms with E-state index in [0.29, 0.717) is 6.61 Å². The Kier molecular flexibility index (Phi) is 10.7. The zero-order chi connectivity index (χ0) is 15.4. The lowest BCUT2D eigenvalue weighted by molar-refractivity contribution is -0.151. The Morgan fingerprint density at radius 3 is 2.35 bits per heavy atom. The molecule has 0 aliphatic carbocycles. The van der Waals surface area contributed by atoms with Crippen LogP contribution in [0.1, 0.15) is 41.0 Å². The largest absolute Gasteiger partial charge is 0.465 e. The summed E-state index contributed by atoms with van der Waals surface area (Å²) in [5, 5.41) is 3.26. The lowest BCUT2D eigenvalue weighted by atomic mass is 9.97. The molecule has 5 nitrogen and oxygen atoms in total. The monoisotopic (exact) mass is 288 g/mol. The van der Waals surface area contributed by atoms with Gasteiger partial charge in [0.05, 0.1) is 13.2 Å². The minimum atomic E-state index is -0.607. The van der Waals surface area contributed by atoms with Gasteiger partial charge in [-0.2, -0.15) is 0 Å². The van der Waals surface area contributed by atoms with Crippen molar-refractivity contribution in [2.75, 3.05) is 46.0 Å². The van der Waals surface area contributed by atoms with Gasteiger partial charge in [0.2, 0.25) is 0 Å². The van der Waals surface area contributed by atoms with Gasteiger partial charge in [-0.25, -0.2) is 0 Å². The van der Waals surface area contributed by atoms with E-state index < -0.39 is 5.54 Å². The molecule has 0 aromatic rings. The molecular weight excluding hydrogens is 256 g/mol. The fourth-order valence-corrected chi connectivity index (χ4v) is 2.09. The van der Waals surface area contributed by atoms with Gasteiger partial charge in [0.1, 0.15) is 5.54 Å². The van der Waals surface area contributed by atoms with Gasteiger partial charge in [0, 0.05) is 19.7 Å². The number of carbonyl (C=O) groups is 1. The number of nitrogens with one attached hydrogen (secondary N) is 1. The summed E-state index contributed by atoms with van der Waals surface area (Å²) in [6, 6.07) is 0. The first-order chi connectivity index (χ1) is 9.53.